The molecule has 1 aliphatic heterocycles. The summed E-state index contributed by atoms with van der Waals surface area (Å²) in [5.41, 5.74) is 2.96. The van der Waals surface area contributed by atoms with E-state index in [1.54, 1.807) is 19.3 Å². The van der Waals surface area contributed by atoms with Crippen LogP contribution in [-0.2, 0) is 22.5 Å². The van der Waals surface area contributed by atoms with Gasteiger partial charge in [0, 0.05) is 57.2 Å². The number of carbonyl (C=O) groups is 1. The van der Waals surface area contributed by atoms with E-state index in [1.807, 2.05) is 31.0 Å². The number of carbonyl (C=O) groups excluding carboxylic acids is 1. The molecule has 0 fully saturated rings. The molecule has 2 aromatic rings. The summed E-state index contributed by atoms with van der Waals surface area (Å²) in [4.78, 5) is 29.5. The largest absolute Gasteiger partial charge is 0.377 e. The molecule has 7 heteroatoms. The maximum atomic E-state index is 11.8. The van der Waals surface area contributed by atoms with E-state index < -0.39 is 0 Å². The van der Waals surface area contributed by atoms with Gasteiger partial charge in [-0.25, -0.2) is 9.97 Å². The molecule has 27 heavy (non-hydrogen) atoms. The van der Waals surface area contributed by atoms with E-state index in [9.17, 15) is 4.79 Å². The number of aromatic nitrogens is 3. The standard InChI is InChI=1S/C20H27N5O2/c1-5-27-14(2)12-24(4)20-17-8-11-25(15(3)26)13-18(17)22-19(23-20)16-6-9-21-10-7-16/h6-7,9-10,14H,5,8,11-13H2,1-4H3/t14-/m0/s1. The molecule has 1 aliphatic rings. The summed E-state index contributed by atoms with van der Waals surface area (Å²) in [7, 11) is 2.03. The monoisotopic (exact) mass is 369 g/mol. The van der Waals surface area contributed by atoms with Crippen LogP contribution in [0.15, 0.2) is 24.5 Å². The second kappa shape index (κ2) is 8.43. The third-order valence-electron chi connectivity index (χ3n) is 4.77. The number of nitrogens with zero attached hydrogens (tertiary/aromatic N) is 5. The van der Waals surface area contributed by atoms with Gasteiger partial charge < -0.3 is 14.5 Å². The molecule has 0 N–H and O–H groups in total. The Bertz CT molecular complexity index is 796. The molecule has 0 aromatic carbocycles. The zero-order valence-electron chi connectivity index (χ0n) is 16.5. The number of fused-ring (bicyclic) bond motifs is 1. The number of amides is 1. The lowest BCUT2D eigenvalue weighted by atomic mass is 10.0. The first-order chi connectivity index (χ1) is 13.0. The highest BCUT2D eigenvalue weighted by Gasteiger charge is 2.26. The minimum Gasteiger partial charge on any atom is -0.377 e. The topological polar surface area (TPSA) is 71.5 Å². The molecule has 3 rings (SSSR count). The average Bonchev–Trinajstić information content (AvgIpc) is 2.67. The second-order valence-electron chi connectivity index (χ2n) is 6.87. The molecular formula is C20H27N5O2. The zero-order valence-corrected chi connectivity index (χ0v) is 16.5. The predicted molar refractivity (Wildman–Crippen MR) is 104 cm³/mol. The fraction of sp³-hybridized carbons (Fsp3) is 0.500. The minimum atomic E-state index is 0.0737. The van der Waals surface area contributed by atoms with Crippen molar-refractivity contribution in [3.8, 4) is 11.4 Å². The Morgan fingerprint density at radius 3 is 2.74 bits per heavy atom. The zero-order chi connectivity index (χ0) is 19.4. The van der Waals surface area contributed by atoms with Gasteiger partial charge in [-0.2, -0.15) is 0 Å². The number of anilines is 1. The van der Waals surface area contributed by atoms with Gasteiger partial charge in [0.1, 0.15) is 5.82 Å². The lowest BCUT2D eigenvalue weighted by Crippen LogP contribution is -2.37. The third-order valence-corrected chi connectivity index (χ3v) is 4.77. The van der Waals surface area contributed by atoms with Crippen LogP contribution < -0.4 is 4.90 Å². The lowest BCUT2D eigenvalue weighted by molar-refractivity contribution is -0.129. The van der Waals surface area contributed by atoms with Crippen molar-refractivity contribution in [2.45, 2.75) is 39.8 Å². The van der Waals surface area contributed by atoms with Crippen LogP contribution in [0.25, 0.3) is 11.4 Å². The second-order valence-corrected chi connectivity index (χ2v) is 6.87. The van der Waals surface area contributed by atoms with Crippen LogP contribution in [-0.4, -0.2) is 58.6 Å². The van der Waals surface area contributed by atoms with Gasteiger partial charge in [0.25, 0.3) is 0 Å². The van der Waals surface area contributed by atoms with E-state index >= 15 is 0 Å². The fourth-order valence-electron chi connectivity index (χ4n) is 3.43. The number of pyridine rings is 1. The summed E-state index contributed by atoms with van der Waals surface area (Å²) in [6.45, 7) is 8.31. The summed E-state index contributed by atoms with van der Waals surface area (Å²) in [6, 6.07) is 3.81. The van der Waals surface area contributed by atoms with Crippen molar-refractivity contribution in [1.82, 2.24) is 19.9 Å². The molecule has 0 aliphatic carbocycles. The van der Waals surface area contributed by atoms with Crippen LogP contribution in [0, 0.1) is 0 Å². The van der Waals surface area contributed by atoms with Gasteiger partial charge >= 0.3 is 0 Å². The van der Waals surface area contributed by atoms with Gasteiger partial charge in [0.05, 0.1) is 18.3 Å². The Hall–Kier alpha value is -2.54. The normalized spacial score (nSPS) is 14.6. The molecule has 144 valence electrons. The molecule has 0 unspecified atom stereocenters. The van der Waals surface area contributed by atoms with Crippen molar-refractivity contribution in [1.29, 1.82) is 0 Å². The summed E-state index contributed by atoms with van der Waals surface area (Å²) in [6.07, 6.45) is 4.34. The molecule has 0 saturated heterocycles. The Kier molecular flexibility index (Phi) is 6.01. The van der Waals surface area contributed by atoms with Crippen molar-refractivity contribution < 1.29 is 9.53 Å². The van der Waals surface area contributed by atoms with E-state index in [0.29, 0.717) is 25.5 Å². The molecule has 0 radical (unpaired) electrons. The molecule has 3 heterocycles. The van der Waals surface area contributed by atoms with E-state index in [4.69, 9.17) is 14.7 Å². The first-order valence-corrected chi connectivity index (χ1v) is 9.38. The van der Waals surface area contributed by atoms with E-state index in [0.717, 1.165) is 35.6 Å². The van der Waals surface area contributed by atoms with Gasteiger partial charge in [0.15, 0.2) is 5.82 Å². The van der Waals surface area contributed by atoms with Crippen molar-refractivity contribution in [2.75, 3.05) is 31.6 Å². The van der Waals surface area contributed by atoms with Crippen LogP contribution in [0.4, 0.5) is 5.82 Å². The molecule has 0 saturated carbocycles. The fourth-order valence-corrected chi connectivity index (χ4v) is 3.43. The summed E-state index contributed by atoms with van der Waals surface area (Å²) in [5, 5.41) is 0. The number of rotatable bonds is 6. The Labute approximate surface area is 160 Å². The first kappa shape index (κ1) is 19.2. The van der Waals surface area contributed by atoms with E-state index in [1.165, 1.54) is 0 Å². The highest BCUT2D eigenvalue weighted by Crippen LogP contribution is 2.29. The highest BCUT2D eigenvalue weighted by atomic mass is 16.5. The number of hydrogen-bond acceptors (Lipinski definition) is 6. The molecule has 2 aromatic heterocycles. The Balaban J connectivity index is 2.00. The summed E-state index contributed by atoms with van der Waals surface area (Å²) >= 11 is 0. The minimum absolute atomic E-state index is 0.0737. The maximum Gasteiger partial charge on any atom is 0.219 e. The number of likely N-dealkylation sites (N-methyl/N-ethyl adjacent to an activating group) is 1. The Morgan fingerprint density at radius 2 is 2.07 bits per heavy atom. The average molecular weight is 369 g/mol. The van der Waals surface area contributed by atoms with Crippen LogP contribution in [0.1, 0.15) is 32.0 Å². The van der Waals surface area contributed by atoms with Gasteiger partial charge in [0.2, 0.25) is 5.91 Å². The molecule has 0 bridgehead atoms. The van der Waals surface area contributed by atoms with Gasteiger partial charge in [-0.15, -0.1) is 0 Å². The molecule has 1 amide bonds. The lowest BCUT2D eigenvalue weighted by Gasteiger charge is -2.31. The van der Waals surface area contributed by atoms with E-state index in [-0.39, 0.29) is 12.0 Å². The smallest absolute Gasteiger partial charge is 0.219 e. The van der Waals surface area contributed by atoms with Crippen molar-refractivity contribution in [3.63, 3.8) is 0 Å². The predicted octanol–water partition coefficient (Wildman–Crippen LogP) is 2.30. The molecule has 0 spiro atoms. The molecular weight excluding hydrogens is 342 g/mol. The van der Waals surface area contributed by atoms with E-state index in [2.05, 4.69) is 16.8 Å². The van der Waals surface area contributed by atoms with Crippen molar-refractivity contribution in [3.05, 3.63) is 35.8 Å². The summed E-state index contributed by atoms with van der Waals surface area (Å²) in [5.74, 6) is 1.65. The highest BCUT2D eigenvalue weighted by molar-refractivity contribution is 5.74. The van der Waals surface area contributed by atoms with Crippen LogP contribution in [0.3, 0.4) is 0 Å². The maximum absolute atomic E-state index is 11.8. The van der Waals surface area contributed by atoms with Crippen LogP contribution in [0.5, 0.6) is 0 Å². The number of hydrogen-bond donors (Lipinski definition) is 0. The first-order valence-electron chi connectivity index (χ1n) is 9.38. The van der Waals surface area contributed by atoms with Gasteiger partial charge in [-0.3, -0.25) is 9.78 Å². The molecule has 1 atom stereocenters. The summed E-state index contributed by atoms with van der Waals surface area (Å²) < 4.78 is 5.70. The SMILES string of the molecule is CCO[C@@H](C)CN(C)c1nc(-c2ccncc2)nc2c1CCN(C(C)=O)C2. The van der Waals surface area contributed by atoms with Gasteiger partial charge in [-0.1, -0.05) is 0 Å². The third kappa shape index (κ3) is 4.42. The van der Waals surface area contributed by atoms with Crippen molar-refractivity contribution in [2.24, 2.45) is 0 Å². The van der Waals surface area contributed by atoms with Crippen LogP contribution >= 0.6 is 0 Å². The van der Waals surface area contributed by atoms with Crippen LogP contribution in [0.2, 0.25) is 0 Å². The quantitative estimate of drug-likeness (QED) is 0.778. The Morgan fingerprint density at radius 1 is 1.33 bits per heavy atom. The molecule has 7 nitrogen and oxygen atoms in total. The van der Waals surface area contributed by atoms with Crippen molar-refractivity contribution >= 4 is 11.7 Å². The number of ether oxygens (including phenoxy) is 1. The van der Waals surface area contributed by atoms with Gasteiger partial charge in [-0.05, 0) is 32.4 Å².